The number of nitrogens with one attached hydrogen (secondary N) is 2. The van der Waals surface area contributed by atoms with E-state index in [4.69, 9.17) is 0 Å². The summed E-state index contributed by atoms with van der Waals surface area (Å²) in [6, 6.07) is 10.3. The normalized spacial score (nSPS) is 13.0. The van der Waals surface area contributed by atoms with Gasteiger partial charge in [0.15, 0.2) is 5.82 Å². The molecule has 2 amide bonds. The molecule has 0 spiro atoms. The third-order valence-corrected chi connectivity index (χ3v) is 4.54. The molecule has 0 aliphatic carbocycles. The number of carbonyl (C=O) groups is 2. The first-order valence-corrected chi connectivity index (χ1v) is 8.67. The van der Waals surface area contributed by atoms with Crippen molar-refractivity contribution in [3.05, 3.63) is 70.9 Å². The molecule has 6 nitrogen and oxygen atoms in total. The monoisotopic (exact) mass is 382 g/mol. The molecule has 1 aliphatic rings. The van der Waals surface area contributed by atoms with Gasteiger partial charge in [0.25, 0.3) is 5.91 Å². The SMILES string of the molecule is Cc1cc(NC(=O)c2cc3c(cc2F)NC(=O)CC3)nn1-c1ccccc1F. The lowest BCUT2D eigenvalue weighted by Crippen LogP contribution is -2.21. The molecule has 2 N–H and O–H groups in total. The number of fused-ring (bicyclic) bond motifs is 1. The van der Waals surface area contributed by atoms with E-state index in [-0.39, 0.29) is 29.4 Å². The van der Waals surface area contributed by atoms with Gasteiger partial charge in [-0.05, 0) is 43.2 Å². The lowest BCUT2D eigenvalue weighted by Gasteiger charge is -2.17. The van der Waals surface area contributed by atoms with Crippen LogP contribution in [0.4, 0.5) is 20.3 Å². The summed E-state index contributed by atoms with van der Waals surface area (Å²) in [4.78, 5) is 24.0. The Morgan fingerprint density at radius 2 is 1.93 bits per heavy atom. The maximum absolute atomic E-state index is 14.4. The number of amides is 2. The molecule has 0 saturated heterocycles. The van der Waals surface area contributed by atoms with E-state index >= 15 is 0 Å². The van der Waals surface area contributed by atoms with Gasteiger partial charge in [-0.15, -0.1) is 5.10 Å². The Bertz CT molecular complexity index is 1110. The number of aromatic nitrogens is 2. The van der Waals surface area contributed by atoms with Gasteiger partial charge in [-0.25, -0.2) is 13.5 Å². The summed E-state index contributed by atoms with van der Waals surface area (Å²) in [5.41, 5.74) is 1.78. The molecule has 142 valence electrons. The number of anilines is 2. The third kappa shape index (κ3) is 3.24. The molecule has 2 heterocycles. The molecule has 0 atom stereocenters. The highest BCUT2D eigenvalue weighted by Crippen LogP contribution is 2.26. The van der Waals surface area contributed by atoms with Crippen molar-refractivity contribution in [2.24, 2.45) is 0 Å². The second-order valence-corrected chi connectivity index (χ2v) is 6.53. The van der Waals surface area contributed by atoms with Gasteiger partial charge in [-0.3, -0.25) is 9.59 Å². The first-order chi connectivity index (χ1) is 13.4. The molecule has 2 aromatic carbocycles. The number of nitrogens with zero attached hydrogens (tertiary/aromatic N) is 2. The summed E-state index contributed by atoms with van der Waals surface area (Å²) >= 11 is 0. The molecule has 1 aromatic heterocycles. The molecule has 3 aromatic rings. The molecular formula is C20H16F2N4O2. The highest BCUT2D eigenvalue weighted by molar-refractivity contribution is 6.05. The third-order valence-electron chi connectivity index (χ3n) is 4.54. The number of aryl methyl sites for hydroxylation is 2. The van der Waals surface area contributed by atoms with Gasteiger partial charge in [-0.2, -0.15) is 0 Å². The Morgan fingerprint density at radius 3 is 2.71 bits per heavy atom. The number of para-hydroxylation sites is 1. The van der Waals surface area contributed by atoms with E-state index in [9.17, 15) is 18.4 Å². The van der Waals surface area contributed by atoms with E-state index in [1.807, 2.05) is 0 Å². The summed E-state index contributed by atoms with van der Waals surface area (Å²) < 4.78 is 29.7. The molecular weight excluding hydrogens is 366 g/mol. The molecule has 28 heavy (non-hydrogen) atoms. The van der Waals surface area contributed by atoms with Crippen LogP contribution in [-0.2, 0) is 11.2 Å². The molecule has 8 heteroatoms. The van der Waals surface area contributed by atoms with Crippen LogP contribution in [0.2, 0.25) is 0 Å². The molecule has 4 rings (SSSR count). The van der Waals surface area contributed by atoms with Gasteiger partial charge >= 0.3 is 0 Å². The van der Waals surface area contributed by atoms with Crippen molar-refractivity contribution in [1.29, 1.82) is 0 Å². The maximum Gasteiger partial charge on any atom is 0.259 e. The van der Waals surface area contributed by atoms with Gasteiger partial charge in [0, 0.05) is 23.9 Å². The van der Waals surface area contributed by atoms with Crippen LogP contribution in [0.15, 0.2) is 42.5 Å². The predicted molar refractivity (Wildman–Crippen MR) is 99.6 cm³/mol. The van der Waals surface area contributed by atoms with Crippen molar-refractivity contribution in [1.82, 2.24) is 9.78 Å². The van der Waals surface area contributed by atoms with Gasteiger partial charge in [0.05, 0.1) is 5.56 Å². The van der Waals surface area contributed by atoms with Gasteiger partial charge in [-0.1, -0.05) is 12.1 Å². The average Bonchev–Trinajstić information content (AvgIpc) is 3.01. The quantitative estimate of drug-likeness (QED) is 0.727. The first-order valence-electron chi connectivity index (χ1n) is 8.67. The molecule has 0 unspecified atom stereocenters. The Morgan fingerprint density at radius 1 is 1.14 bits per heavy atom. The topological polar surface area (TPSA) is 76.0 Å². The number of carbonyl (C=O) groups excluding carboxylic acids is 2. The highest BCUT2D eigenvalue weighted by atomic mass is 19.1. The van der Waals surface area contributed by atoms with Crippen LogP contribution in [0.25, 0.3) is 5.69 Å². The van der Waals surface area contributed by atoms with Crippen molar-refractivity contribution in [2.45, 2.75) is 19.8 Å². The Hall–Kier alpha value is -3.55. The fourth-order valence-electron chi connectivity index (χ4n) is 3.16. The standard InChI is InChI=1S/C20H16F2N4O2/c1-11-8-18(25-26(11)17-5-3-2-4-14(17)21)24-20(28)13-9-12-6-7-19(27)23-16(12)10-15(13)22/h2-5,8-10H,6-7H2,1H3,(H,23,27)(H,24,25,28). The number of rotatable bonds is 3. The van der Waals surface area contributed by atoms with Crippen LogP contribution in [0.3, 0.4) is 0 Å². The zero-order valence-electron chi connectivity index (χ0n) is 14.9. The highest BCUT2D eigenvalue weighted by Gasteiger charge is 2.21. The molecule has 0 saturated carbocycles. The van der Waals surface area contributed by atoms with Crippen LogP contribution in [-0.4, -0.2) is 21.6 Å². The summed E-state index contributed by atoms with van der Waals surface area (Å²) in [6.07, 6.45) is 0.717. The number of hydrogen-bond acceptors (Lipinski definition) is 3. The van der Waals surface area contributed by atoms with Gasteiger partial charge < -0.3 is 10.6 Å². The molecule has 0 bridgehead atoms. The fourth-order valence-corrected chi connectivity index (χ4v) is 3.16. The lowest BCUT2D eigenvalue weighted by molar-refractivity contribution is -0.116. The summed E-state index contributed by atoms with van der Waals surface area (Å²) in [5, 5.41) is 9.33. The second kappa shape index (κ2) is 6.88. The van der Waals surface area contributed by atoms with Crippen LogP contribution in [0, 0.1) is 18.6 Å². The smallest absolute Gasteiger partial charge is 0.259 e. The van der Waals surface area contributed by atoms with Gasteiger partial charge in [0.2, 0.25) is 5.91 Å². The van der Waals surface area contributed by atoms with Crippen LogP contribution in [0.5, 0.6) is 0 Å². The van der Waals surface area contributed by atoms with E-state index in [1.54, 1.807) is 31.2 Å². The number of halogens is 2. The van der Waals surface area contributed by atoms with E-state index in [0.29, 0.717) is 23.4 Å². The van der Waals surface area contributed by atoms with Crippen molar-refractivity contribution >= 4 is 23.3 Å². The van der Waals surface area contributed by atoms with E-state index in [1.165, 1.54) is 16.8 Å². The lowest BCUT2D eigenvalue weighted by atomic mass is 9.99. The van der Waals surface area contributed by atoms with Crippen LogP contribution in [0.1, 0.15) is 28.0 Å². The summed E-state index contributed by atoms with van der Waals surface area (Å²) in [6.45, 7) is 1.72. The summed E-state index contributed by atoms with van der Waals surface area (Å²) in [7, 11) is 0. The summed E-state index contributed by atoms with van der Waals surface area (Å²) in [5.74, 6) is -1.87. The predicted octanol–water partition coefficient (Wildman–Crippen LogP) is 3.60. The number of hydrogen-bond donors (Lipinski definition) is 2. The van der Waals surface area contributed by atoms with Crippen molar-refractivity contribution < 1.29 is 18.4 Å². The zero-order valence-corrected chi connectivity index (χ0v) is 14.9. The van der Waals surface area contributed by atoms with Crippen molar-refractivity contribution in [3.63, 3.8) is 0 Å². The Kier molecular flexibility index (Phi) is 4.38. The van der Waals surface area contributed by atoms with Crippen LogP contribution < -0.4 is 10.6 Å². The minimum Gasteiger partial charge on any atom is -0.326 e. The van der Waals surface area contributed by atoms with Crippen LogP contribution >= 0.6 is 0 Å². The van der Waals surface area contributed by atoms with Crippen molar-refractivity contribution in [3.8, 4) is 5.69 Å². The van der Waals surface area contributed by atoms with E-state index in [0.717, 1.165) is 6.07 Å². The minimum atomic E-state index is -0.747. The van der Waals surface area contributed by atoms with E-state index < -0.39 is 17.5 Å². The van der Waals surface area contributed by atoms with Gasteiger partial charge in [0.1, 0.15) is 17.3 Å². The van der Waals surface area contributed by atoms with E-state index in [2.05, 4.69) is 15.7 Å². The largest absolute Gasteiger partial charge is 0.326 e. The second-order valence-electron chi connectivity index (χ2n) is 6.53. The zero-order chi connectivity index (χ0) is 19.8. The number of benzene rings is 2. The molecule has 1 aliphatic heterocycles. The molecule has 0 radical (unpaired) electrons. The fraction of sp³-hybridized carbons (Fsp3) is 0.150. The van der Waals surface area contributed by atoms with Crippen molar-refractivity contribution in [2.75, 3.05) is 10.6 Å². The maximum atomic E-state index is 14.4. The Balaban J connectivity index is 1.61. The molecule has 0 fully saturated rings. The average molecular weight is 382 g/mol. The minimum absolute atomic E-state index is 0.145. The first kappa shape index (κ1) is 17.8. The Labute approximate surface area is 159 Å².